The summed E-state index contributed by atoms with van der Waals surface area (Å²) in [4.78, 5) is 7.95. The van der Waals surface area contributed by atoms with Gasteiger partial charge in [0.1, 0.15) is 11.6 Å². The van der Waals surface area contributed by atoms with E-state index in [1.807, 2.05) is 6.92 Å². The Morgan fingerprint density at radius 1 is 1.09 bits per heavy atom. The zero-order valence-corrected chi connectivity index (χ0v) is 18.3. The van der Waals surface area contributed by atoms with Crippen molar-refractivity contribution in [2.75, 3.05) is 31.1 Å². The molecule has 4 rings (SSSR count). The summed E-state index contributed by atoms with van der Waals surface area (Å²) >= 11 is 0. The van der Waals surface area contributed by atoms with Crippen molar-refractivity contribution < 1.29 is 26.8 Å². The fraction of sp³-hybridized carbons (Fsp3) is 0.238. The number of benzene rings is 2. The number of ether oxygens (including phenoxy) is 3. The van der Waals surface area contributed by atoms with E-state index in [2.05, 4.69) is 9.97 Å². The summed E-state index contributed by atoms with van der Waals surface area (Å²) in [5.41, 5.74) is 14.0. The Kier molecular flexibility index (Phi) is 5.66. The van der Waals surface area contributed by atoms with Crippen molar-refractivity contribution >= 4 is 21.9 Å². The number of aromatic nitrogens is 2. The summed E-state index contributed by atoms with van der Waals surface area (Å²) in [6.45, 7) is 2.30. The molecule has 2 heterocycles. The van der Waals surface area contributed by atoms with Gasteiger partial charge in [0.2, 0.25) is 12.7 Å². The largest absolute Gasteiger partial charge is 0.493 e. The lowest BCUT2D eigenvalue weighted by atomic mass is 9.98. The first-order valence-electron chi connectivity index (χ1n) is 9.69. The van der Waals surface area contributed by atoms with Crippen molar-refractivity contribution in [1.82, 2.24) is 9.97 Å². The number of nitrogens with zero attached hydrogens (tertiary/aromatic N) is 2. The zero-order valence-electron chi connectivity index (χ0n) is 17.5. The molecule has 0 radical (unpaired) electrons. The van der Waals surface area contributed by atoms with Gasteiger partial charge in [0.05, 0.1) is 18.4 Å². The molecule has 168 valence electrons. The molecule has 0 fully saturated rings. The van der Waals surface area contributed by atoms with E-state index in [0.29, 0.717) is 52.5 Å². The van der Waals surface area contributed by atoms with Crippen LogP contribution in [0.2, 0.25) is 0 Å². The highest BCUT2D eigenvalue weighted by Gasteiger charge is 2.22. The van der Waals surface area contributed by atoms with Crippen molar-refractivity contribution in [2.24, 2.45) is 0 Å². The Bertz CT molecular complexity index is 1280. The minimum atomic E-state index is -3.83. The van der Waals surface area contributed by atoms with E-state index >= 15 is 0 Å². The van der Waals surface area contributed by atoms with Gasteiger partial charge in [-0.05, 0) is 42.3 Å². The van der Waals surface area contributed by atoms with E-state index < -0.39 is 10.1 Å². The number of anilines is 2. The highest BCUT2D eigenvalue weighted by molar-refractivity contribution is 7.86. The molecule has 0 spiro atoms. The molecule has 1 aromatic heterocycles. The van der Waals surface area contributed by atoms with Crippen LogP contribution in [-0.2, 0) is 16.5 Å². The average Bonchev–Trinajstić information content (AvgIpc) is 3.17. The van der Waals surface area contributed by atoms with Gasteiger partial charge < -0.3 is 29.9 Å². The molecule has 3 aromatic rings. The molecular formula is C21H22N4O6S. The monoisotopic (exact) mass is 458 g/mol. The summed E-state index contributed by atoms with van der Waals surface area (Å²) < 4.78 is 46.1. The molecule has 0 amide bonds. The van der Waals surface area contributed by atoms with Gasteiger partial charge >= 0.3 is 10.1 Å². The third kappa shape index (κ3) is 4.62. The van der Waals surface area contributed by atoms with Crippen molar-refractivity contribution in [1.29, 1.82) is 0 Å². The molecule has 0 saturated heterocycles. The van der Waals surface area contributed by atoms with Crippen LogP contribution >= 0.6 is 0 Å². The van der Waals surface area contributed by atoms with Gasteiger partial charge in [0, 0.05) is 18.2 Å². The predicted octanol–water partition coefficient (Wildman–Crippen LogP) is 2.36. The predicted molar refractivity (Wildman–Crippen MR) is 118 cm³/mol. The zero-order chi connectivity index (χ0) is 22.9. The summed E-state index contributed by atoms with van der Waals surface area (Å²) in [5.74, 6) is 2.01. The molecule has 4 N–H and O–H groups in total. The fourth-order valence-corrected chi connectivity index (χ4v) is 3.83. The van der Waals surface area contributed by atoms with Crippen molar-refractivity contribution in [2.45, 2.75) is 13.3 Å². The molecule has 0 unspecified atom stereocenters. The first-order chi connectivity index (χ1) is 15.2. The Hall–Kier alpha value is -3.73. The topological polar surface area (TPSA) is 149 Å². The van der Waals surface area contributed by atoms with Gasteiger partial charge in [-0.1, -0.05) is 6.07 Å². The molecule has 1 aliphatic heterocycles. The number of nitrogens with two attached hydrogens (primary N) is 2. The summed E-state index contributed by atoms with van der Waals surface area (Å²) in [6, 6.07) is 8.71. The van der Waals surface area contributed by atoms with E-state index in [-0.39, 0.29) is 24.3 Å². The summed E-state index contributed by atoms with van der Waals surface area (Å²) in [6.07, 6.45) is 2.82. The van der Waals surface area contributed by atoms with Crippen LogP contribution in [0.25, 0.3) is 11.1 Å². The molecule has 0 saturated carbocycles. The van der Waals surface area contributed by atoms with Crippen LogP contribution in [0.15, 0.2) is 36.5 Å². The van der Waals surface area contributed by atoms with Crippen LogP contribution < -0.4 is 29.9 Å². The maximum absolute atomic E-state index is 12.0. The van der Waals surface area contributed by atoms with Crippen LogP contribution in [0.1, 0.15) is 18.1 Å². The van der Waals surface area contributed by atoms with Crippen LogP contribution in [0, 0.1) is 0 Å². The number of rotatable bonds is 7. The van der Waals surface area contributed by atoms with E-state index in [0.717, 1.165) is 6.26 Å². The molecule has 0 atom stereocenters. The number of nitrogen functional groups attached to an aromatic ring is 2. The maximum Gasteiger partial charge on any atom is 0.306 e. The lowest BCUT2D eigenvalue weighted by Gasteiger charge is -2.18. The Morgan fingerprint density at radius 3 is 2.56 bits per heavy atom. The third-order valence-electron chi connectivity index (χ3n) is 4.64. The second-order valence-corrected chi connectivity index (χ2v) is 8.65. The summed E-state index contributed by atoms with van der Waals surface area (Å²) in [7, 11) is -3.83. The number of fused-ring (bicyclic) bond motifs is 1. The highest BCUT2D eigenvalue weighted by atomic mass is 32.2. The van der Waals surface area contributed by atoms with Crippen LogP contribution in [-0.4, -0.2) is 38.0 Å². The molecule has 0 aliphatic carbocycles. The lowest BCUT2D eigenvalue weighted by Crippen LogP contribution is -2.09. The van der Waals surface area contributed by atoms with Crippen LogP contribution in [0.5, 0.6) is 23.0 Å². The maximum atomic E-state index is 12.0. The molecule has 11 heteroatoms. The standard InChI is InChI=1S/C21H22N4O6S/c1-3-28-17-7-12(6-14-10-24-21(23)25-20(14)22)8-18(31-32(2,26)27)19(17)13-4-5-15-16(9-13)30-11-29-15/h4-5,7-10H,3,6,11H2,1-2H3,(H4,22,23,24,25). The first-order valence-corrected chi connectivity index (χ1v) is 11.5. The summed E-state index contributed by atoms with van der Waals surface area (Å²) in [5, 5.41) is 0. The highest BCUT2D eigenvalue weighted by Crippen LogP contribution is 2.44. The van der Waals surface area contributed by atoms with Crippen LogP contribution in [0.3, 0.4) is 0 Å². The average molecular weight is 458 g/mol. The number of hydrogen-bond acceptors (Lipinski definition) is 10. The van der Waals surface area contributed by atoms with Crippen molar-refractivity contribution in [3.63, 3.8) is 0 Å². The van der Waals surface area contributed by atoms with Gasteiger partial charge in [-0.15, -0.1) is 0 Å². The second kappa shape index (κ2) is 8.42. The SMILES string of the molecule is CCOc1cc(Cc2cnc(N)nc2N)cc(OS(C)(=O)=O)c1-c1ccc2c(c1)OCO2. The molecule has 0 bridgehead atoms. The fourth-order valence-electron chi connectivity index (χ4n) is 3.37. The minimum absolute atomic E-state index is 0.0699. The van der Waals surface area contributed by atoms with E-state index in [4.69, 9.17) is 29.9 Å². The van der Waals surface area contributed by atoms with Crippen molar-refractivity contribution in [3.8, 4) is 34.1 Å². The Labute approximate surface area is 185 Å². The third-order valence-corrected chi connectivity index (χ3v) is 5.12. The first kappa shape index (κ1) is 21.5. The van der Waals surface area contributed by atoms with Crippen LogP contribution in [0.4, 0.5) is 11.8 Å². The lowest BCUT2D eigenvalue weighted by molar-refractivity contribution is 0.174. The Balaban J connectivity index is 1.85. The van der Waals surface area contributed by atoms with E-state index in [1.54, 1.807) is 30.3 Å². The smallest absolute Gasteiger partial charge is 0.306 e. The molecule has 32 heavy (non-hydrogen) atoms. The number of hydrogen-bond donors (Lipinski definition) is 2. The van der Waals surface area contributed by atoms with E-state index in [1.165, 1.54) is 6.20 Å². The van der Waals surface area contributed by atoms with Gasteiger partial charge in [-0.3, -0.25) is 0 Å². The second-order valence-electron chi connectivity index (χ2n) is 7.07. The molecule has 10 nitrogen and oxygen atoms in total. The Morgan fingerprint density at radius 2 is 1.84 bits per heavy atom. The van der Waals surface area contributed by atoms with Crippen molar-refractivity contribution in [3.05, 3.63) is 47.7 Å². The molecule has 1 aliphatic rings. The van der Waals surface area contributed by atoms with Gasteiger partial charge in [-0.25, -0.2) is 4.98 Å². The normalized spacial score (nSPS) is 12.6. The van der Waals surface area contributed by atoms with Gasteiger partial charge in [-0.2, -0.15) is 13.4 Å². The van der Waals surface area contributed by atoms with Gasteiger partial charge in [0.25, 0.3) is 0 Å². The van der Waals surface area contributed by atoms with E-state index in [9.17, 15) is 8.42 Å². The quantitative estimate of drug-likeness (QED) is 0.505. The van der Waals surface area contributed by atoms with Gasteiger partial charge in [0.15, 0.2) is 17.2 Å². The minimum Gasteiger partial charge on any atom is -0.493 e. The molecule has 2 aromatic carbocycles. The molecular weight excluding hydrogens is 436 g/mol.